The lowest BCUT2D eigenvalue weighted by Gasteiger charge is -2.38. The number of hydrogen-bond donors (Lipinski definition) is 1. The van der Waals surface area contributed by atoms with Crippen molar-refractivity contribution in [3.8, 4) is 5.75 Å². The Bertz CT molecular complexity index is 425. The van der Waals surface area contributed by atoms with Gasteiger partial charge in [-0.2, -0.15) is 0 Å². The zero-order valence-electron chi connectivity index (χ0n) is 13.4. The Labute approximate surface area is 128 Å². The second-order valence-electron chi connectivity index (χ2n) is 5.90. The highest BCUT2D eigenvalue weighted by molar-refractivity contribution is 5.32. The van der Waals surface area contributed by atoms with Gasteiger partial charge < -0.3 is 15.2 Å². The monoisotopic (exact) mass is 291 g/mol. The van der Waals surface area contributed by atoms with Gasteiger partial charge in [0, 0.05) is 6.61 Å². The van der Waals surface area contributed by atoms with E-state index < -0.39 is 0 Å². The number of nitrogens with two attached hydrogens (primary N) is 1. The zero-order chi connectivity index (χ0) is 15.1. The molecule has 3 nitrogen and oxygen atoms in total. The summed E-state index contributed by atoms with van der Waals surface area (Å²) in [5.74, 6) is 0.894. The molecule has 3 heteroatoms. The van der Waals surface area contributed by atoms with Gasteiger partial charge in [-0.25, -0.2) is 0 Å². The first-order valence-electron chi connectivity index (χ1n) is 8.34. The van der Waals surface area contributed by atoms with E-state index in [9.17, 15) is 0 Å². The summed E-state index contributed by atoms with van der Waals surface area (Å²) in [5, 5.41) is 0. The van der Waals surface area contributed by atoms with Crippen LogP contribution in [0.1, 0.15) is 64.0 Å². The van der Waals surface area contributed by atoms with Crippen LogP contribution >= 0.6 is 0 Å². The fraction of sp³-hybridized carbons (Fsp3) is 0.667. The molecular weight excluding hydrogens is 262 g/mol. The average Bonchev–Trinajstić information content (AvgIpc) is 2.74. The highest BCUT2D eigenvalue weighted by Crippen LogP contribution is 2.39. The van der Waals surface area contributed by atoms with E-state index in [0.717, 1.165) is 30.8 Å². The Morgan fingerprint density at radius 2 is 1.81 bits per heavy atom. The molecule has 0 amide bonds. The molecule has 0 spiro atoms. The highest BCUT2D eigenvalue weighted by atomic mass is 16.5. The van der Waals surface area contributed by atoms with Crippen LogP contribution in [-0.2, 0) is 4.74 Å². The van der Waals surface area contributed by atoms with E-state index in [0.29, 0.717) is 6.61 Å². The largest absolute Gasteiger partial charge is 0.494 e. The summed E-state index contributed by atoms with van der Waals surface area (Å²) in [6, 6.07) is 8.09. The second kappa shape index (κ2) is 7.81. The molecule has 2 N–H and O–H groups in total. The van der Waals surface area contributed by atoms with E-state index in [4.69, 9.17) is 15.2 Å². The minimum absolute atomic E-state index is 0.0871. The molecule has 21 heavy (non-hydrogen) atoms. The first-order chi connectivity index (χ1) is 10.2. The maximum absolute atomic E-state index is 6.64. The molecule has 0 aliphatic heterocycles. The molecule has 0 aromatic heterocycles. The first kappa shape index (κ1) is 16.3. The van der Waals surface area contributed by atoms with Gasteiger partial charge in [0.05, 0.1) is 18.2 Å². The Hall–Kier alpha value is -1.06. The van der Waals surface area contributed by atoms with Crippen LogP contribution < -0.4 is 10.5 Å². The number of benzene rings is 1. The van der Waals surface area contributed by atoms with Crippen LogP contribution in [-0.4, -0.2) is 18.8 Å². The van der Waals surface area contributed by atoms with Crippen molar-refractivity contribution in [3.05, 3.63) is 29.8 Å². The summed E-state index contributed by atoms with van der Waals surface area (Å²) in [7, 11) is 0. The molecule has 1 atom stereocenters. The van der Waals surface area contributed by atoms with Gasteiger partial charge in [0.2, 0.25) is 0 Å². The summed E-state index contributed by atoms with van der Waals surface area (Å²) >= 11 is 0. The van der Waals surface area contributed by atoms with E-state index >= 15 is 0 Å². The average molecular weight is 291 g/mol. The Kier molecular flexibility index (Phi) is 6.07. The summed E-state index contributed by atoms with van der Waals surface area (Å²) in [4.78, 5) is 0. The van der Waals surface area contributed by atoms with Crippen LogP contribution in [0.3, 0.4) is 0 Å². The van der Waals surface area contributed by atoms with Crippen molar-refractivity contribution >= 4 is 0 Å². The molecule has 0 bridgehead atoms. The third kappa shape index (κ3) is 3.98. The molecule has 0 radical (unpaired) electrons. The summed E-state index contributed by atoms with van der Waals surface area (Å²) in [6.45, 7) is 5.46. The first-order valence-corrected chi connectivity index (χ1v) is 8.34. The van der Waals surface area contributed by atoms with Gasteiger partial charge in [0.15, 0.2) is 0 Å². The van der Waals surface area contributed by atoms with Gasteiger partial charge in [-0.1, -0.05) is 37.8 Å². The maximum Gasteiger partial charge on any atom is 0.119 e. The SMILES string of the molecule is CCOc1cccc(C(N)C2(OCC)CCCCCC2)c1. The highest BCUT2D eigenvalue weighted by Gasteiger charge is 2.38. The van der Waals surface area contributed by atoms with Gasteiger partial charge in [-0.05, 0) is 44.4 Å². The summed E-state index contributed by atoms with van der Waals surface area (Å²) in [6.07, 6.45) is 7.11. The molecule has 1 unspecified atom stereocenters. The van der Waals surface area contributed by atoms with Crippen LogP contribution in [0.25, 0.3) is 0 Å². The van der Waals surface area contributed by atoms with Crippen LogP contribution in [0.15, 0.2) is 24.3 Å². The quantitative estimate of drug-likeness (QED) is 0.798. The minimum atomic E-state index is -0.212. The fourth-order valence-corrected chi connectivity index (χ4v) is 3.43. The van der Waals surface area contributed by atoms with Gasteiger partial charge in [-0.15, -0.1) is 0 Å². The minimum Gasteiger partial charge on any atom is -0.494 e. The molecule has 1 saturated carbocycles. The van der Waals surface area contributed by atoms with Crippen LogP contribution in [0.5, 0.6) is 5.75 Å². The Morgan fingerprint density at radius 3 is 2.43 bits per heavy atom. The molecular formula is C18H29NO2. The van der Waals surface area contributed by atoms with Crippen LogP contribution in [0.2, 0.25) is 0 Å². The van der Waals surface area contributed by atoms with Crippen molar-refractivity contribution in [2.24, 2.45) is 5.73 Å². The van der Waals surface area contributed by atoms with Gasteiger partial charge >= 0.3 is 0 Å². The topological polar surface area (TPSA) is 44.5 Å². The van der Waals surface area contributed by atoms with E-state index in [1.807, 2.05) is 19.1 Å². The van der Waals surface area contributed by atoms with Crippen molar-refractivity contribution in [1.29, 1.82) is 0 Å². The predicted octanol–water partition coefficient (Wildman–Crippen LogP) is 4.21. The van der Waals surface area contributed by atoms with E-state index in [1.165, 1.54) is 25.7 Å². The Balaban J connectivity index is 2.24. The molecule has 2 rings (SSSR count). The van der Waals surface area contributed by atoms with Crippen molar-refractivity contribution < 1.29 is 9.47 Å². The number of hydrogen-bond acceptors (Lipinski definition) is 3. The van der Waals surface area contributed by atoms with Crippen molar-refractivity contribution in [1.82, 2.24) is 0 Å². The van der Waals surface area contributed by atoms with E-state index in [-0.39, 0.29) is 11.6 Å². The number of ether oxygens (including phenoxy) is 2. The molecule has 1 aromatic rings. The molecule has 0 heterocycles. The predicted molar refractivity (Wildman–Crippen MR) is 86.6 cm³/mol. The molecule has 1 aromatic carbocycles. The standard InChI is InChI=1S/C18H29NO2/c1-3-20-16-11-9-10-15(14-16)17(19)18(21-4-2)12-7-5-6-8-13-18/h9-11,14,17H,3-8,12-13,19H2,1-2H3. The molecule has 0 saturated heterocycles. The van der Waals surface area contributed by atoms with E-state index in [1.54, 1.807) is 0 Å². The maximum atomic E-state index is 6.64. The smallest absolute Gasteiger partial charge is 0.119 e. The third-order valence-electron chi connectivity index (χ3n) is 4.48. The van der Waals surface area contributed by atoms with Crippen molar-refractivity contribution in [2.45, 2.75) is 64.0 Å². The van der Waals surface area contributed by atoms with Gasteiger partial charge in [0.25, 0.3) is 0 Å². The lowest BCUT2D eigenvalue weighted by molar-refractivity contribution is -0.0696. The fourth-order valence-electron chi connectivity index (χ4n) is 3.43. The zero-order valence-corrected chi connectivity index (χ0v) is 13.4. The third-order valence-corrected chi connectivity index (χ3v) is 4.48. The van der Waals surface area contributed by atoms with Crippen molar-refractivity contribution in [3.63, 3.8) is 0 Å². The lowest BCUT2D eigenvalue weighted by atomic mass is 9.82. The second-order valence-corrected chi connectivity index (χ2v) is 5.90. The Morgan fingerprint density at radius 1 is 1.10 bits per heavy atom. The van der Waals surface area contributed by atoms with Crippen LogP contribution in [0.4, 0.5) is 0 Å². The molecule has 1 aliphatic carbocycles. The van der Waals surface area contributed by atoms with Crippen molar-refractivity contribution in [2.75, 3.05) is 13.2 Å². The summed E-state index contributed by atoms with van der Waals surface area (Å²) < 4.78 is 11.8. The number of rotatable bonds is 6. The molecule has 1 fully saturated rings. The normalized spacial score (nSPS) is 19.8. The van der Waals surface area contributed by atoms with Crippen LogP contribution in [0, 0.1) is 0 Å². The van der Waals surface area contributed by atoms with Gasteiger partial charge in [0.1, 0.15) is 5.75 Å². The van der Waals surface area contributed by atoms with Gasteiger partial charge in [-0.3, -0.25) is 0 Å². The molecule has 118 valence electrons. The summed E-state index contributed by atoms with van der Waals surface area (Å²) in [5.41, 5.74) is 7.55. The lowest BCUT2D eigenvalue weighted by Crippen LogP contribution is -2.43. The molecule has 1 aliphatic rings. The van der Waals surface area contributed by atoms with E-state index in [2.05, 4.69) is 19.1 Å².